The lowest BCUT2D eigenvalue weighted by molar-refractivity contribution is 0.275. The molecule has 2 aromatic rings. The average molecular weight is 283 g/mol. The Morgan fingerprint density at radius 3 is 1.83 bits per heavy atom. The van der Waals surface area contributed by atoms with E-state index in [1.54, 1.807) is 0 Å². The van der Waals surface area contributed by atoms with Crippen LogP contribution >= 0.6 is 23.2 Å². The van der Waals surface area contributed by atoms with E-state index in [4.69, 9.17) is 9.53 Å². The van der Waals surface area contributed by atoms with Gasteiger partial charge in [-0.1, -0.05) is 48.5 Å². The zero-order chi connectivity index (χ0) is 13.2. The van der Waals surface area contributed by atoms with E-state index >= 15 is 0 Å². The first-order valence-corrected chi connectivity index (χ1v) is 6.01. The van der Waals surface area contributed by atoms with Gasteiger partial charge in [0.1, 0.15) is 12.4 Å². The third-order valence-electron chi connectivity index (χ3n) is 1.99. The molecule has 2 rings (SSSR count). The van der Waals surface area contributed by atoms with Crippen molar-refractivity contribution in [1.29, 1.82) is 0 Å². The predicted octanol–water partition coefficient (Wildman–Crippen LogP) is 4.85. The fraction of sp³-hybridized carbons (Fsp3) is 0.0714. The molecular formula is C14H12Cl2O2. The van der Waals surface area contributed by atoms with E-state index < -0.39 is 4.70 Å². The molecule has 0 N–H and O–H groups in total. The summed E-state index contributed by atoms with van der Waals surface area (Å²) in [7, 11) is 0. The van der Waals surface area contributed by atoms with Gasteiger partial charge < -0.3 is 4.74 Å². The topological polar surface area (TPSA) is 26.3 Å². The van der Waals surface area contributed by atoms with Crippen molar-refractivity contribution in [2.45, 2.75) is 6.61 Å². The van der Waals surface area contributed by atoms with E-state index in [-0.39, 0.29) is 0 Å². The van der Waals surface area contributed by atoms with Crippen molar-refractivity contribution in [2.24, 2.45) is 0 Å². The normalized spacial score (nSPS) is 9.00. The zero-order valence-electron chi connectivity index (χ0n) is 9.55. The van der Waals surface area contributed by atoms with Crippen LogP contribution in [0.5, 0.6) is 5.75 Å². The van der Waals surface area contributed by atoms with Gasteiger partial charge in [0.15, 0.2) is 0 Å². The van der Waals surface area contributed by atoms with Crippen LogP contribution < -0.4 is 4.74 Å². The van der Waals surface area contributed by atoms with E-state index in [0.29, 0.717) is 6.61 Å². The molecule has 0 heterocycles. The lowest BCUT2D eigenvalue weighted by atomic mass is 10.2. The van der Waals surface area contributed by atoms with Crippen LogP contribution in [0.15, 0.2) is 60.7 Å². The average Bonchev–Trinajstić information content (AvgIpc) is 2.38. The summed E-state index contributed by atoms with van der Waals surface area (Å²) in [5.41, 5.74) is 1.19. The van der Waals surface area contributed by atoms with Crippen LogP contribution in [-0.4, -0.2) is 4.70 Å². The smallest absolute Gasteiger partial charge is 0.313 e. The van der Waals surface area contributed by atoms with Crippen LogP contribution in [0.3, 0.4) is 0 Å². The highest BCUT2D eigenvalue weighted by Crippen LogP contribution is 2.10. The molecule has 0 fully saturated rings. The van der Waals surface area contributed by atoms with Gasteiger partial charge in [0, 0.05) is 0 Å². The van der Waals surface area contributed by atoms with Crippen molar-refractivity contribution >= 4 is 27.9 Å². The molecule has 0 aromatic heterocycles. The first-order chi connectivity index (χ1) is 8.68. The highest BCUT2D eigenvalue weighted by molar-refractivity contribution is 6.93. The van der Waals surface area contributed by atoms with Crippen LogP contribution in [0.2, 0.25) is 0 Å². The number of carbonyl (C=O) groups is 1. The van der Waals surface area contributed by atoms with Crippen LogP contribution in [0, 0.1) is 0 Å². The van der Waals surface area contributed by atoms with Crippen molar-refractivity contribution in [3.8, 4) is 5.75 Å². The Labute approximate surface area is 116 Å². The van der Waals surface area contributed by atoms with Crippen molar-refractivity contribution in [1.82, 2.24) is 0 Å². The van der Waals surface area contributed by atoms with Gasteiger partial charge in [-0.2, -0.15) is 0 Å². The maximum atomic E-state index is 8.98. The Kier molecular flexibility index (Phi) is 6.92. The number of ether oxygens (including phenoxy) is 1. The van der Waals surface area contributed by atoms with Gasteiger partial charge in [-0.05, 0) is 40.9 Å². The third-order valence-corrected chi connectivity index (χ3v) is 1.99. The van der Waals surface area contributed by atoms with Gasteiger partial charge in [0.05, 0.1) is 0 Å². The molecule has 0 spiro atoms. The zero-order valence-corrected chi connectivity index (χ0v) is 11.1. The maximum absolute atomic E-state index is 8.98. The summed E-state index contributed by atoms with van der Waals surface area (Å²) < 4.78 is 4.70. The Hall–Kier alpha value is -1.51. The monoisotopic (exact) mass is 282 g/mol. The molecule has 0 aliphatic carbocycles. The van der Waals surface area contributed by atoms with Crippen LogP contribution in [0.1, 0.15) is 5.56 Å². The molecule has 0 aliphatic rings. The Balaban J connectivity index is 0.000000357. The number of halogens is 2. The molecule has 0 saturated heterocycles. The second-order valence-corrected chi connectivity index (χ2v) is 4.19. The summed E-state index contributed by atoms with van der Waals surface area (Å²) in [6.45, 7) is 0.630. The minimum absolute atomic E-state index is 0.630. The summed E-state index contributed by atoms with van der Waals surface area (Å²) in [5.74, 6) is 0.913. The van der Waals surface area contributed by atoms with E-state index in [2.05, 4.69) is 35.3 Å². The molecule has 2 aromatic carbocycles. The van der Waals surface area contributed by atoms with Gasteiger partial charge in [0.25, 0.3) is 0 Å². The molecule has 18 heavy (non-hydrogen) atoms. The Morgan fingerprint density at radius 1 is 0.889 bits per heavy atom. The molecule has 0 bridgehead atoms. The molecule has 0 atom stereocenters. The molecular weight excluding hydrogens is 271 g/mol. The number of benzene rings is 2. The summed E-state index contributed by atoms with van der Waals surface area (Å²) in [6, 6.07) is 20.0. The molecule has 0 aliphatic heterocycles. The molecule has 94 valence electrons. The standard InChI is InChI=1S/C13H12O.CCl2O/c1-3-7-12(8-4-1)11-14-13-9-5-2-6-10-13;2-1(3)4/h1-10H,11H2;. The largest absolute Gasteiger partial charge is 0.489 e. The van der Waals surface area contributed by atoms with Crippen molar-refractivity contribution < 1.29 is 9.53 Å². The third kappa shape index (κ3) is 6.94. The highest BCUT2D eigenvalue weighted by Gasteiger charge is 1.92. The first-order valence-electron chi connectivity index (χ1n) is 5.25. The summed E-state index contributed by atoms with van der Waals surface area (Å²) in [4.78, 5) is 8.98. The second kappa shape index (κ2) is 8.56. The fourth-order valence-electron chi connectivity index (χ4n) is 1.26. The summed E-state index contributed by atoms with van der Waals surface area (Å²) in [6.07, 6.45) is 0. The number of hydrogen-bond donors (Lipinski definition) is 0. The SMILES string of the molecule is O=C(Cl)Cl.c1ccc(COc2ccccc2)cc1. The highest BCUT2D eigenvalue weighted by atomic mass is 35.5. The van der Waals surface area contributed by atoms with E-state index in [1.165, 1.54) is 5.56 Å². The summed E-state index contributed by atoms with van der Waals surface area (Å²) in [5, 5.41) is 0. The van der Waals surface area contributed by atoms with Crippen molar-refractivity contribution in [3.05, 3.63) is 66.2 Å². The number of para-hydroxylation sites is 1. The van der Waals surface area contributed by atoms with Gasteiger partial charge in [-0.25, -0.2) is 0 Å². The fourth-order valence-corrected chi connectivity index (χ4v) is 1.26. The maximum Gasteiger partial charge on any atom is 0.313 e. The molecule has 2 nitrogen and oxygen atoms in total. The second-order valence-electron chi connectivity index (χ2n) is 3.31. The number of rotatable bonds is 3. The minimum Gasteiger partial charge on any atom is -0.489 e. The van der Waals surface area contributed by atoms with Gasteiger partial charge in [-0.15, -0.1) is 0 Å². The van der Waals surface area contributed by atoms with Gasteiger partial charge in [-0.3, -0.25) is 4.79 Å². The van der Waals surface area contributed by atoms with Crippen LogP contribution in [-0.2, 0) is 6.61 Å². The quantitative estimate of drug-likeness (QED) is 0.753. The Bertz CT molecular complexity index is 414. The number of hydrogen-bond acceptors (Lipinski definition) is 2. The summed E-state index contributed by atoms with van der Waals surface area (Å²) >= 11 is 8.80. The molecule has 0 radical (unpaired) electrons. The van der Waals surface area contributed by atoms with Gasteiger partial charge in [0.2, 0.25) is 0 Å². The minimum atomic E-state index is -0.889. The van der Waals surface area contributed by atoms with Crippen LogP contribution in [0.4, 0.5) is 4.79 Å². The number of carbonyl (C=O) groups excluding carboxylic acids is 1. The molecule has 0 amide bonds. The lowest BCUT2D eigenvalue weighted by Crippen LogP contribution is -1.94. The molecule has 0 unspecified atom stereocenters. The van der Waals surface area contributed by atoms with E-state index in [0.717, 1.165) is 5.75 Å². The Morgan fingerprint density at radius 2 is 1.33 bits per heavy atom. The predicted molar refractivity (Wildman–Crippen MR) is 74.3 cm³/mol. The van der Waals surface area contributed by atoms with Gasteiger partial charge >= 0.3 is 4.70 Å². The van der Waals surface area contributed by atoms with E-state index in [1.807, 2.05) is 48.5 Å². The first kappa shape index (κ1) is 14.6. The van der Waals surface area contributed by atoms with Crippen LogP contribution in [0.25, 0.3) is 0 Å². The lowest BCUT2D eigenvalue weighted by Gasteiger charge is -2.05. The molecule has 4 heteroatoms. The van der Waals surface area contributed by atoms with Crippen molar-refractivity contribution in [3.63, 3.8) is 0 Å². The molecule has 0 saturated carbocycles. The van der Waals surface area contributed by atoms with Crippen molar-refractivity contribution in [2.75, 3.05) is 0 Å². The van der Waals surface area contributed by atoms with E-state index in [9.17, 15) is 0 Å².